The van der Waals surface area contributed by atoms with E-state index in [1.54, 1.807) is 12.0 Å². The van der Waals surface area contributed by atoms with Crippen LogP contribution in [0.1, 0.15) is 5.56 Å². The first-order valence-corrected chi connectivity index (χ1v) is 11.2. The molecule has 0 radical (unpaired) electrons. The van der Waals surface area contributed by atoms with Crippen molar-refractivity contribution in [3.8, 4) is 11.5 Å². The van der Waals surface area contributed by atoms with Crippen LogP contribution in [-0.4, -0.2) is 68.9 Å². The minimum Gasteiger partial charge on any atom is -0.497 e. The summed E-state index contributed by atoms with van der Waals surface area (Å²) in [6.45, 7) is 6.45. The Kier molecular flexibility index (Phi) is 7.01. The number of hydrogen-bond acceptors (Lipinski definition) is 7. The molecule has 7 nitrogen and oxygen atoms in total. The number of ether oxygens (including phenoxy) is 3. The smallest absolute Gasteiger partial charge is 0.266 e. The summed E-state index contributed by atoms with van der Waals surface area (Å²) in [4.78, 5) is 22.0. The predicted octanol–water partition coefficient (Wildman–Crippen LogP) is 3.36. The third-order valence-electron chi connectivity index (χ3n) is 5.30. The minimum absolute atomic E-state index is 0.0345. The summed E-state index contributed by atoms with van der Waals surface area (Å²) in [5.74, 6) is 1.39. The number of anilines is 1. The number of aromatic nitrogens is 1. The fraction of sp³-hybridized carbons (Fsp3) is 0.391. The predicted molar refractivity (Wildman–Crippen MR) is 122 cm³/mol. The number of rotatable bonds is 8. The molecular formula is C23H27N3O4S. The van der Waals surface area contributed by atoms with Crippen LogP contribution in [-0.2, 0) is 9.53 Å². The number of hydrogen-bond donors (Lipinski definition) is 0. The lowest BCUT2D eigenvalue weighted by molar-refractivity contribution is -0.120. The summed E-state index contributed by atoms with van der Waals surface area (Å²) >= 11 is 1.49. The van der Waals surface area contributed by atoms with Gasteiger partial charge in [-0.1, -0.05) is 29.5 Å². The highest BCUT2D eigenvalue weighted by atomic mass is 32.1. The highest BCUT2D eigenvalue weighted by molar-refractivity contribution is 7.22. The van der Waals surface area contributed by atoms with Gasteiger partial charge >= 0.3 is 0 Å². The van der Waals surface area contributed by atoms with Crippen molar-refractivity contribution in [2.24, 2.45) is 0 Å². The highest BCUT2D eigenvalue weighted by Gasteiger charge is 2.22. The van der Waals surface area contributed by atoms with E-state index in [4.69, 9.17) is 19.2 Å². The molecule has 0 bridgehead atoms. The molecule has 1 aromatic heterocycles. The minimum atomic E-state index is -0.109. The van der Waals surface area contributed by atoms with Gasteiger partial charge in [0.1, 0.15) is 11.5 Å². The number of nitrogens with zero attached hydrogens (tertiary/aromatic N) is 3. The molecule has 0 unspecified atom stereocenters. The maximum atomic E-state index is 13.2. The molecule has 0 aliphatic carbocycles. The first kappa shape index (κ1) is 21.5. The first-order chi connectivity index (χ1) is 15.1. The van der Waals surface area contributed by atoms with Gasteiger partial charge in [0.15, 0.2) is 11.7 Å². The second-order valence-electron chi connectivity index (χ2n) is 7.38. The van der Waals surface area contributed by atoms with Gasteiger partial charge in [0.2, 0.25) is 0 Å². The Bertz CT molecular complexity index is 1030. The molecule has 1 aliphatic heterocycles. The Morgan fingerprint density at radius 3 is 2.81 bits per heavy atom. The van der Waals surface area contributed by atoms with Crippen LogP contribution in [0, 0.1) is 6.92 Å². The summed E-state index contributed by atoms with van der Waals surface area (Å²) in [6.07, 6.45) is 0. The SMILES string of the molecule is COc1ccc2nc(N(CCN3CCOCC3)C(=O)COc3ccccc3C)sc2c1. The third-order valence-corrected chi connectivity index (χ3v) is 6.35. The van der Waals surface area contributed by atoms with Crippen molar-refractivity contribution in [3.63, 3.8) is 0 Å². The van der Waals surface area contributed by atoms with Crippen molar-refractivity contribution in [3.05, 3.63) is 48.0 Å². The van der Waals surface area contributed by atoms with E-state index >= 15 is 0 Å². The lowest BCUT2D eigenvalue weighted by atomic mass is 10.2. The van der Waals surface area contributed by atoms with E-state index < -0.39 is 0 Å². The first-order valence-electron chi connectivity index (χ1n) is 10.4. The van der Waals surface area contributed by atoms with E-state index in [-0.39, 0.29) is 12.5 Å². The molecule has 0 atom stereocenters. The average molecular weight is 442 g/mol. The molecule has 1 saturated heterocycles. The normalized spacial score (nSPS) is 14.5. The largest absolute Gasteiger partial charge is 0.497 e. The molecule has 2 aromatic carbocycles. The van der Waals surface area contributed by atoms with Crippen LogP contribution in [0.2, 0.25) is 0 Å². The third kappa shape index (κ3) is 5.33. The van der Waals surface area contributed by atoms with Crippen LogP contribution in [0.4, 0.5) is 5.13 Å². The van der Waals surface area contributed by atoms with Crippen molar-refractivity contribution >= 4 is 32.6 Å². The van der Waals surface area contributed by atoms with Gasteiger partial charge in [0, 0.05) is 26.2 Å². The number of aryl methyl sites for hydroxylation is 1. The van der Waals surface area contributed by atoms with Gasteiger partial charge in [-0.2, -0.15) is 0 Å². The second kappa shape index (κ2) is 10.1. The summed E-state index contributed by atoms with van der Waals surface area (Å²) in [5.41, 5.74) is 1.85. The van der Waals surface area contributed by atoms with Crippen molar-refractivity contribution in [1.82, 2.24) is 9.88 Å². The number of amides is 1. The maximum Gasteiger partial charge on any atom is 0.266 e. The molecule has 2 heterocycles. The Morgan fingerprint density at radius 2 is 2.03 bits per heavy atom. The Morgan fingerprint density at radius 1 is 1.23 bits per heavy atom. The van der Waals surface area contributed by atoms with Gasteiger partial charge in [-0.25, -0.2) is 4.98 Å². The van der Waals surface area contributed by atoms with E-state index in [1.165, 1.54) is 11.3 Å². The van der Waals surface area contributed by atoms with Gasteiger partial charge < -0.3 is 14.2 Å². The zero-order valence-electron chi connectivity index (χ0n) is 17.9. The molecular weight excluding hydrogens is 414 g/mol. The number of benzene rings is 2. The van der Waals surface area contributed by atoms with Crippen molar-refractivity contribution < 1.29 is 19.0 Å². The summed E-state index contributed by atoms with van der Waals surface area (Å²) < 4.78 is 17.6. The average Bonchev–Trinajstić information content (AvgIpc) is 3.22. The van der Waals surface area contributed by atoms with Crippen LogP contribution in [0.25, 0.3) is 10.2 Å². The van der Waals surface area contributed by atoms with E-state index in [0.29, 0.717) is 11.7 Å². The standard InChI is InChI=1S/C23H27N3O4S/c1-17-5-3-4-6-20(17)30-16-22(27)26(10-9-25-11-13-29-14-12-25)23-24-19-8-7-18(28-2)15-21(19)31-23/h3-8,15H,9-14,16H2,1-2H3. The van der Waals surface area contributed by atoms with E-state index in [9.17, 15) is 4.79 Å². The van der Waals surface area contributed by atoms with Gasteiger partial charge in [0.05, 0.1) is 30.5 Å². The van der Waals surface area contributed by atoms with Crippen LogP contribution < -0.4 is 14.4 Å². The van der Waals surface area contributed by atoms with Crippen LogP contribution in [0.3, 0.4) is 0 Å². The molecule has 0 saturated carbocycles. The molecule has 8 heteroatoms. The van der Waals surface area contributed by atoms with Gasteiger partial charge in [0.25, 0.3) is 5.91 Å². The number of morpholine rings is 1. The second-order valence-corrected chi connectivity index (χ2v) is 8.39. The summed E-state index contributed by atoms with van der Waals surface area (Å²) in [6, 6.07) is 13.5. The number of methoxy groups -OCH3 is 1. The molecule has 0 N–H and O–H groups in total. The molecule has 1 fully saturated rings. The van der Waals surface area contributed by atoms with Crippen molar-refractivity contribution in [1.29, 1.82) is 0 Å². The van der Waals surface area contributed by atoms with Crippen molar-refractivity contribution in [2.45, 2.75) is 6.92 Å². The number of para-hydroxylation sites is 1. The molecule has 164 valence electrons. The fourth-order valence-corrected chi connectivity index (χ4v) is 4.50. The lowest BCUT2D eigenvalue weighted by Gasteiger charge is -2.29. The molecule has 31 heavy (non-hydrogen) atoms. The number of thiazole rings is 1. The zero-order chi connectivity index (χ0) is 21.6. The van der Waals surface area contributed by atoms with Crippen LogP contribution in [0.15, 0.2) is 42.5 Å². The van der Waals surface area contributed by atoms with Gasteiger partial charge in [-0.3, -0.25) is 14.6 Å². The topological polar surface area (TPSA) is 64.1 Å². The number of carbonyl (C=O) groups excluding carboxylic acids is 1. The molecule has 3 aromatic rings. The zero-order valence-corrected chi connectivity index (χ0v) is 18.7. The van der Waals surface area contributed by atoms with Gasteiger partial charge in [-0.15, -0.1) is 0 Å². The summed E-state index contributed by atoms with van der Waals surface area (Å²) in [5, 5.41) is 0.676. The molecule has 1 amide bonds. The molecule has 4 rings (SSSR count). The van der Waals surface area contributed by atoms with Crippen LogP contribution in [0.5, 0.6) is 11.5 Å². The van der Waals surface area contributed by atoms with Crippen molar-refractivity contribution in [2.75, 3.05) is 58.0 Å². The van der Waals surface area contributed by atoms with Crippen LogP contribution >= 0.6 is 11.3 Å². The Labute approximate surface area is 186 Å². The summed E-state index contributed by atoms with van der Waals surface area (Å²) in [7, 11) is 1.64. The lowest BCUT2D eigenvalue weighted by Crippen LogP contribution is -2.44. The van der Waals surface area contributed by atoms with E-state index in [1.807, 2.05) is 49.4 Å². The van der Waals surface area contributed by atoms with E-state index in [0.717, 1.165) is 60.1 Å². The number of fused-ring (bicyclic) bond motifs is 1. The van der Waals surface area contributed by atoms with Gasteiger partial charge in [-0.05, 0) is 36.8 Å². The number of carbonyl (C=O) groups is 1. The Balaban J connectivity index is 1.52. The maximum absolute atomic E-state index is 13.2. The quantitative estimate of drug-likeness (QED) is 0.534. The molecule has 1 aliphatic rings. The van der Waals surface area contributed by atoms with E-state index in [2.05, 4.69) is 4.90 Å². The fourth-order valence-electron chi connectivity index (χ4n) is 3.46. The molecule has 0 spiro atoms. The monoisotopic (exact) mass is 441 g/mol. The highest BCUT2D eigenvalue weighted by Crippen LogP contribution is 2.31. The Hall–Kier alpha value is -2.68.